The summed E-state index contributed by atoms with van der Waals surface area (Å²) in [5.41, 5.74) is 1.05. The molecule has 0 aliphatic carbocycles. The molecule has 2 aromatic rings. The number of oxime groups is 1. The van der Waals surface area contributed by atoms with E-state index >= 15 is 0 Å². The summed E-state index contributed by atoms with van der Waals surface area (Å²) in [5.74, 6) is -2.80. The van der Waals surface area contributed by atoms with Gasteiger partial charge in [-0.1, -0.05) is 28.3 Å². The van der Waals surface area contributed by atoms with Gasteiger partial charge in [-0.2, -0.15) is 18.2 Å². The Morgan fingerprint density at radius 2 is 2.19 bits per heavy atom. The van der Waals surface area contributed by atoms with Crippen molar-refractivity contribution in [3.05, 3.63) is 27.6 Å². The molecule has 4 heterocycles. The third kappa shape index (κ3) is 5.16. The van der Waals surface area contributed by atoms with Crippen molar-refractivity contribution in [2.24, 2.45) is 5.16 Å². The molecule has 2 aromatic heterocycles. The molecule has 0 aromatic carbocycles. The zero-order chi connectivity index (χ0) is 26.2. The second kappa shape index (κ2) is 10.3. The minimum Gasteiger partial charge on any atom is -0.477 e. The maximum atomic E-state index is 12.8. The van der Waals surface area contributed by atoms with Crippen LogP contribution < -0.4 is 10.5 Å². The van der Waals surface area contributed by atoms with Crippen LogP contribution in [0.5, 0.6) is 0 Å². The molecule has 4 rings (SSSR count). The van der Waals surface area contributed by atoms with Crippen LogP contribution in [0.4, 0.5) is 13.2 Å². The number of aliphatic carboxylic acids is 1. The second-order valence-corrected chi connectivity index (χ2v) is 11.3. The number of carbonyl (C=O) groups is 3. The molecular weight excluding hydrogens is 569 g/mol. The minimum absolute atomic E-state index is 0.00883. The van der Waals surface area contributed by atoms with Crippen molar-refractivity contribution >= 4 is 69.2 Å². The molecule has 2 aliphatic heterocycles. The number of nitrogens with zero attached hydrogens (tertiary/aromatic N) is 6. The number of fused-ring (bicyclic) bond motifs is 1. The number of nitrogens with one attached hydrogen (secondary N) is 1. The molecular formula is C16H14F3N8O5S4+. The van der Waals surface area contributed by atoms with Crippen LogP contribution in [0.25, 0.3) is 0 Å². The molecule has 0 bridgehead atoms. The van der Waals surface area contributed by atoms with E-state index in [1.165, 1.54) is 24.4 Å². The first-order chi connectivity index (χ1) is 17.0. The van der Waals surface area contributed by atoms with Gasteiger partial charge in [-0.15, -0.1) is 27.1 Å². The van der Waals surface area contributed by atoms with Crippen molar-refractivity contribution in [1.82, 2.24) is 29.8 Å². The Hall–Kier alpha value is -2.81. The summed E-state index contributed by atoms with van der Waals surface area (Å²) in [4.78, 5) is 47.1. The molecule has 0 radical (unpaired) electrons. The Balaban J connectivity index is 1.47. The number of thioether (sulfide) groups is 2. The highest BCUT2D eigenvalue weighted by molar-refractivity contribution is 8.01. The van der Waals surface area contributed by atoms with E-state index in [1.54, 1.807) is 0 Å². The van der Waals surface area contributed by atoms with Crippen LogP contribution in [-0.2, 0) is 25.4 Å². The van der Waals surface area contributed by atoms with E-state index in [-0.39, 0.29) is 33.1 Å². The van der Waals surface area contributed by atoms with Crippen molar-refractivity contribution in [2.75, 3.05) is 23.8 Å². The molecule has 4 N–H and O–H groups in total. The van der Waals surface area contributed by atoms with Gasteiger partial charge in [-0.3, -0.25) is 14.5 Å². The van der Waals surface area contributed by atoms with Gasteiger partial charge in [0, 0.05) is 15.9 Å². The van der Waals surface area contributed by atoms with Gasteiger partial charge in [0.2, 0.25) is 27.4 Å². The first-order valence-electron chi connectivity index (χ1n) is 9.47. The van der Waals surface area contributed by atoms with Crippen molar-refractivity contribution in [2.45, 2.75) is 21.9 Å². The predicted octanol–water partition coefficient (Wildman–Crippen LogP) is 0.691. The average molecular weight is 584 g/mol. The first-order valence-corrected chi connectivity index (χ1v) is 13.6. The van der Waals surface area contributed by atoms with E-state index in [0.717, 1.165) is 16.7 Å². The number of aromatic nitrogens is 4. The normalized spacial score (nSPS) is 20.7. The van der Waals surface area contributed by atoms with Crippen LogP contribution in [0.3, 0.4) is 0 Å². The number of β-lactam (4-membered cyclic amide) rings is 1. The van der Waals surface area contributed by atoms with E-state index in [2.05, 4.69) is 34.9 Å². The molecule has 0 spiro atoms. The summed E-state index contributed by atoms with van der Waals surface area (Å²) >= 11 is 2.42. The van der Waals surface area contributed by atoms with Crippen LogP contribution >= 0.6 is 45.7 Å². The second-order valence-electron chi connectivity index (χ2n) is 6.90. The summed E-state index contributed by atoms with van der Waals surface area (Å²) < 4.78 is 42.2. The van der Waals surface area contributed by atoms with Gasteiger partial charge in [0.15, 0.2) is 4.34 Å². The molecule has 3 atom stereocenters. The third-order valence-corrected chi connectivity index (χ3v) is 8.87. The van der Waals surface area contributed by atoms with Gasteiger partial charge < -0.3 is 15.3 Å². The number of carboxylic acid groups (broad SMARTS) is 1. The molecule has 13 nitrogen and oxygen atoms in total. The Morgan fingerprint density at radius 3 is 2.78 bits per heavy atom. The number of carboxylic acids is 1. The molecule has 192 valence electrons. The highest BCUT2D eigenvalue weighted by Crippen LogP contribution is 2.42. The van der Waals surface area contributed by atoms with Crippen molar-refractivity contribution in [3.8, 4) is 0 Å². The van der Waals surface area contributed by atoms with E-state index in [9.17, 15) is 32.7 Å². The SMILES string of the molecule is CON=C(C(=O)NC1C(=O)N2C(C(=O)O)=C(CSc3nnc(C(F)(F)F)s3)CS[C@H]12)c1nc[s+](N)n1. The zero-order valence-electron chi connectivity index (χ0n) is 17.8. The number of nitrogen functional groups attached to an aromatic ring is 1. The summed E-state index contributed by atoms with van der Waals surface area (Å²) in [6.07, 6.45) is -4.63. The Morgan fingerprint density at radius 1 is 1.44 bits per heavy atom. The number of rotatable bonds is 8. The van der Waals surface area contributed by atoms with Gasteiger partial charge in [0.1, 0.15) is 24.2 Å². The molecule has 0 saturated carbocycles. The van der Waals surface area contributed by atoms with Crippen molar-refractivity contribution < 1.29 is 37.5 Å². The van der Waals surface area contributed by atoms with E-state index in [4.69, 9.17) is 5.14 Å². The number of nitrogens with two attached hydrogens (primary N) is 1. The number of amides is 2. The fraction of sp³-hybridized carbons (Fsp3) is 0.375. The van der Waals surface area contributed by atoms with Gasteiger partial charge >= 0.3 is 12.1 Å². The quantitative estimate of drug-likeness (QED) is 0.130. The van der Waals surface area contributed by atoms with E-state index in [1.807, 2.05) is 0 Å². The maximum Gasteiger partial charge on any atom is 0.445 e. The number of halogens is 3. The minimum atomic E-state index is -4.63. The van der Waals surface area contributed by atoms with Crippen LogP contribution in [0.2, 0.25) is 0 Å². The topological polar surface area (TPSA) is 186 Å². The monoisotopic (exact) mass is 583 g/mol. The average Bonchev–Trinajstić information content (AvgIpc) is 3.47. The van der Waals surface area contributed by atoms with Gasteiger partial charge in [-0.05, 0) is 5.57 Å². The molecule has 36 heavy (non-hydrogen) atoms. The first kappa shape index (κ1) is 26.3. The lowest BCUT2D eigenvalue weighted by atomic mass is 10.0. The largest absolute Gasteiger partial charge is 0.477 e. The predicted molar refractivity (Wildman–Crippen MR) is 124 cm³/mol. The van der Waals surface area contributed by atoms with Gasteiger partial charge in [0.25, 0.3) is 17.3 Å². The summed E-state index contributed by atoms with van der Waals surface area (Å²) in [6.45, 7) is 0. The molecule has 2 aliphatic rings. The molecule has 20 heteroatoms. The highest BCUT2D eigenvalue weighted by atomic mass is 32.2. The molecule has 1 fully saturated rings. The molecule has 1 saturated heterocycles. The van der Waals surface area contributed by atoms with Crippen LogP contribution in [0.1, 0.15) is 10.8 Å². The number of carbonyl (C=O) groups excluding carboxylic acids is 2. The molecule has 2 amide bonds. The highest BCUT2D eigenvalue weighted by Gasteiger charge is 2.54. The fourth-order valence-corrected chi connectivity index (χ4v) is 6.96. The fourth-order valence-electron chi connectivity index (χ4n) is 3.17. The smallest absolute Gasteiger partial charge is 0.445 e. The summed E-state index contributed by atoms with van der Waals surface area (Å²) in [5, 5.41) is 26.2. The lowest BCUT2D eigenvalue weighted by Crippen LogP contribution is -2.71. The number of alkyl halides is 3. The summed E-state index contributed by atoms with van der Waals surface area (Å²) in [6, 6.07) is -1.06. The molecule has 2 unspecified atom stereocenters. The standard InChI is InChI=1S/C16H13F3N8O5S4/c1-32-25-6(9-21-4-36(20)26-9)10(28)22-7-11(29)27-8(13(30)31)5(2-33-12(7)27)3-34-15-24-23-14(35-15)16(17,18)19/h4,7,12,20H,2-3H2,1H3,(H,22,28)(H,30,31)/p+1/t7?,12-,36?/m1/s1. The summed E-state index contributed by atoms with van der Waals surface area (Å²) in [7, 11) is 0.178. The number of hydrogen-bond donors (Lipinski definition) is 3. The lowest BCUT2D eigenvalue weighted by molar-refractivity contribution is -0.150. The van der Waals surface area contributed by atoms with E-state index in [0.29, 0.717) is 16.9 Å². The van der Waals surface area contributed by atoms with Gasteiger partial charge in [-0.25, -0.2) is 4.79 Å². The van der Waals surface area contributed by atoms with Crippen LogP contribution in [0, 0.1) is 0 Å². The van der Waals surface area contributed by atoms with Crippen LogP contribution in [0.15, 0.2) is 26.3 Å². The zero-order valence-corrected chi connectivity index (χ0v) is 21.0. The maximum absolute atomic E-state index is 12.8. The number of hydrogen-bond acceptors (Lipinski definition) is 13. The van der Waals surface area contributed by atoms with E-state index < -0.39 is 51.2 Å². The van der Waals surface area contributed by atoms with Crippen molar-refractivity contribution in [3.63, 3.8) is 0 Å². The Kier molecular flexibility index (Phi) is 7.50. The Labute approximate surface area is 214 Å². The third-order valence-electron chi connectivity index (χ3n) is 4.64. The lowest BCUT2D eigenvalue weighted by Gasteiger charge is -2.49. The van der Waals surface area contributed by atoms with Gasteiger partial charge in [0.05, 0.1) is 0 Å². The van der Waals surface area contributed by atoms with Crippen molar-refractivity contribution in [1.29, 1.82) is 0 Å². The Bertz CT molecular complexity index is 1280. The van der Waals surface area contributed by atoms with Crippen LogP contribution in [-0.4, -0.2) is 83.1 Å².